The van der Waals surface area contributed by atoms with Crippen LogP contribution in [0.15, 0.2) is 4.52 Å². The lowest BCUT2D eigenvalue weighted by molar-refractivity contribution is 0.0680. The van der Waals surface area contributed by atoms with Crippen molar-refractivity contribution in [3.05, 3.63) is 5.82 Å². The minimum atomic E-state index is -1.19. The number of aromatic carboxylic acids is 1. The van der Waals surface area contributed by atoms with Gasteiger partial charge in [0.25, 0.3) is 5.82 Å². The monoisotopic (exact) mass is 157 g/mol. The quantitative estimate of drug-likeness (QED) is 0.642. The first-order valence-corrected chi connectivity index (χ1v) is 2.85. The van der Waals surface area contributed by atoms with Gasteiger partial charge in [0.05, 0.1) is 0 Å². The van der Waals surface area contributed by atoms with E-state index in [9.17, 15) is 4.79 Å². The van der Waals surface area contributed by atoms with Gasteiger partial charge in [-0.25, -0.2) is 4.79 Å². The number of hydrogen-bond donors (Lipinski definition) is 1. The van der Waals surface area contributed by atoms with Gasteiger partial charge < -0.3 is 14.5 Å². The van der Waals surface area contributed by atoms with Gasteiger partial charge in [-0.3, -0.25) is 0 Å². The molecule has 0 aliphatic rings. The average molecular weight is 157 g/mol. The van der Waals surface area contributed by atoms with Gasteiger partial charge in [0.1, 0.15) is 0 Å². The van der Waals surface area contributed by atoms with Crippen molar-refractivity contribution in [2.45, 2.75) is 0 Å². The van der Waals surface area contributed by atoms with Crippen LogP contribution in [0.25, 0.3) is 0 Å². The Morgan fingerprint density at radius 3 is 2.55 bits per heavy atom. The van der Waals surface area contributed by atoms with Gasteiger partial charge >= 0.3 is 12.0 Å². The topological polar surface area (TPSA) is 79.5 Å². The van der Waals surface area contributed by atoms with E-state index in [0.717, 1.165) is 0 Å². The van der Waals surface area contributed by atoms with E-state index in [4.69, 9.17) is 5.11 Å². The van der Waals surface area contributed by atoms with E-state index in [1.165, 1.54) is 4.90 Å². The van der Waals surface area contributed by atoms with Crippen LogP contribution in [0.5, 0.6) is 0 Å². The van der Waals surface area contributed by atoms with Gasteiger partial charge in [-0.15, -0.1) is 0 Å². The Hall–Kier alpha value is -1.59. The summed E-state index contributed by atoms with van der Waals surface area (Å²) in [5.41, 5.74) is 0. The third-order valence-electron chi connectivity index (χ3n) is 0.989. The summed E-state index contributed by atoms with van der Waals surface area (Å²) in [6.45, 7) is 0. The molecule has 0 aliphatic heterocycles. The molecular formula is C5H7N3O3. The van der Waals surface area contributed by atoms with Crippen LogP contribution in [0.1, 0.15) is 10.6 Å². The molecule has 0 atom stereocenters. The van der Waals surface area contributed by atoms with Crippen molar-refractivity contribution in [3.8, 4) is 0 Å². The predicted molar refractivity (Wildman–Crippen MR) is 35.6 cm³/mol. The van der Waals surface area contributed by atoms with Gasteiger partial charge in [-0.1, -0.05) is 0 Å². The van der Waals surface area contributed by atoms with Crippen LogP contribution < -0.4 is 4.90 Å². The van der Waals surface area contributed by atoms with Crippen LogP contribution >= 0.6 is 0 Å². The van der Waals surface area contributed by atoms with Gasteiger partial charge in [0.15, 0.2) is 0 Å². The minimum Gasteiger partial charge on any atom is -0.475 e. The molecule has 0 aromatic carbocycles. The molecule has 0 saturated heterocycles. The smallest absolute Gasteiger partial charge is 0.377 e. The molecule has 6 heteroatoms. The molecule has 6 nitrogen and oxygen atoms in total. The highest BCUT2D eigenvalue weighted by Crippen LogP contribution is 2.05. The normalized spacial score (nSPS) is 9.64. The molecule has 0 aliphatic carbocycles. The second kappa shape index (κ2) is 2.57. The van der Waals surface area contributed by atoms with Gasteiger partial charge in [0.2, 0.25) is 0 Å². The van der Waals surface area contributed by atoms with Crippen molar-refractivity contribution < 1.29 is 14.4 Å². The number of carboxylic acid groups (broad SMARTS) is 1. The van der Waals surface area contributed by atoms with Crippen LogP contribution in [0.4, 0.5) is 6.01 Å². The van der Waals surface area contributed by atoms with Crippen molar-refractivity contribution in [1.29, 1.82) is 0 Å². The lowest BCUT2D eigenvalue weighted by atomic mass is 10.6. The Labute approximate surface area is 62.4 Å². The Balaban J connectivity index is 2.90. The van der Waals surface area contributed by atoms with E-state index >= 15 is 0 Å². The van der Waals surface area contributed by atoms with E-state index in [0.29, 0.717) is 0 Å². The molecule has 0 bridgehead atoms. The Bertz CT molecular complexity index is 268. The minimum absolute atomic E-state index is 0.183. The molecular weight excluding hydrogens is 150 g/mol. The molecule has 1 N–H and O–H groups in total. The number of hydrogen-bond acceptors (Lipinski definition) is 5. The molecule has 0 spiro atoms. The summed E-state index contributed by atoms with van der Waals surface area (Å²) >= 11 is 0. The number of nitrogens with zero attached hydrogens (tertiary/aromatic N) is 3. The predicted octanol–water partition coefficient (Wildman–Crippen LogP) is -0.166. The highest BCUT2D eigenvalue weighted by Gasteiger charge is 2.13. The summed E-state index contributed by atoms with van der Waals surface area (Å²) in [4.78, 5) is 15.3. The maximum atomic E-state index is 10.2. The fourth-order valence-corrected chi connectivity index (χ4v) is 0.484. The summed E-state index contributed by atoms with van der Waals surface area (Å²) in [7, 11) is 3.36. The Kier molecular flexibility index (Phi) is 1.75. The molecule has 0 amide bonds. The fraction of sp³-hybridized carbons (Fsp3) is 0.400. The molecule has 1 aromatic rings. The van der Waals surface area contributed by atoms with E-state index in [2.05, 4.69) is 14.7 Å². The number of rotatable bonds is 2. The van der Waals surface area contributed by atoms with Crippen LogP contribution in [-0.4, -0.2) is 35.3 Å². The standard InChI is InChI=1S/C5H7N3O3/c1-8(2)5-6-3(4(9)10)7-11-5/h1-2H3,(H,9,10). The summed E-state index contributed by atoms with van der Waals surface area (Å²) in [6.07, 6.45) is 0. The Morgan fingerprint density at radius 1 is 1.64 bits per heavy atom. The zero-order chi connectivity index (χ0) is 8.43. The first-order valence-electron chi connectivity index (χ1n) is 2.85. The third kappa shape index (κ3) is 1.46. The van der Waals surface area contributed by atoms with E-state index in [1.807, 2.05) is 0 Å². The molecule has 0 saturated carbocycles. The molecule has 1 heterocycles. The summed E-state index contributed by atoms with van der Waals surface area (Å²) in [5.74, 6) is -1.52. The number of carboxylic acids is 1. The van der Waals surface area contributed by atoms with Crippen LogP contribution in [0.3, 0.4) is 0 Å². The summed E-state index contributed by atoms with van der Waals surface area (Å²) in [5, 5.41) is 11.6. The highest BCUT2D eigenvalue weighted by molar-refractivity contribution is 5.83. The Morgan fingerprint density at radius 2 is 2.27 bits per heavy atom. The molecule has 0 unspecified atom stereocenters. The van der Waals surface area contributed by atoms with E-state index < -0.39 is 5.97 Å². The van der Waals surface area contributed by atoms with Crippen molar-refractivity contribution in [2.24, 2.45) is 0 Å². The van der Waals surface area contributed by atoms with E-state index in [1.54, 1.807) is 14.1 Å². The highest BCUT2D eigenvalue weighted by atomic mass is 16.5. The van der Waals surface area contributed by atoms with Crippen molar-refractivity contribution in [2.75, 3.05) is 19.0 Å². The van der Waals surface area contributed by atoms with Crippen LogP contribution in [0, 0.1) is 0 Å². The van der Waals surface area contributed by atoms with Crippen LogP contribution in [0.2, 0.25) is 0 Å². The lowest BCUT2D eigenvalue weighted by Gasteiger charge is -2.01. The van der Waals surface area contributed by atoms with Crippen molar-refractivity contribution >= 4 is 12.0 Å². The first-order chi connectivity index (χ1) is 5.11. The summed E-state index contributed by atoms with van der Waals surface area (Å²) < 4.78 is 4.57. The number of anilines is 1. The van der Waals surface area contributed by atoms with Crippen molar-refractivity contribution in [1.82, 2.24) is 10.1 Å². The van der Waals surface area contributed by atoms with Gasteiger partial charge in [0, 0.05) is 14.1 Å². The maximum Gasteiger partial charge on any atom is 0.377 e. The molecule has 11 heavy (non-hydrogen) atoms. The zero-order valence-corrected chi connectivity index (χ0v) is 6.11. The molecule has 0 fully saturated rings. The average Bonchev–Trinajstić information content (AvgIpc) is 2.33. The van der Waals surface area contributed by atoms with Gasteiger partial charge in [-0.05, 0) is 5.16 Å². The third-order valence-corrected chi connectivity index (χ3v) is 0.989. The second-order valence-corrected chi connectivity index (χ2v) is 2.10. The fourth-order valence-electron chi connectivity index (χ4n) is 0.484. The number of aromatic nitrogens is 2. The van der Waals surface area contributed by atoms with Crippen molar-refractivity contribution in [3.63, 3.8) is 0 Å². The van der Waals surface area contributed by atoms with E-state index in [-0.39, 0.29) is 11.8 Å². The maximum absolute atomic E-state index is 10.2. The largest absolute Gasteiger partial charge is 0.475 e. The summed E-state index contributed by atoms with van der Waals surface area (Å²) in [6, 6.07) is 0.183. The second-order valence-electron chi connectivity index (χ2n) is 2.10. The number of carbonyl (C=O) groups is 1. The molecule has 1 rings (SSSR count). The van der Waals surface area contributed by atoms with Gasteiger partial charge in [-0.2, -0.15) is 4.98 Å². The van der Waals surface area contributed by atoms with Crippen LogP contribution in [-0.2, 0) is 0 Å². The zero-order valence-electron chi connectivity index (χ0n) is 6.11. The molecule has 1 aromatic heterocycles. The SMILES string of the molecule is CN(C)c1nc(C(=O)O)no1. The lowest BCUT2D eigenvalue weighted by Crippen LogP contribution is -2.09. The molecule has 0 radical (unpaired) electrons. The molecule has 60 valence electrons. The first kappa shape index (κ1) is 7.52.